The number of benzene rings is 1. The Morgan fingerprint density at radius 3 is 2.63 bits per heavy atom. The highest BCUT2D eigenvalue weighted by Crippen LogP contribution is 2.46. The van der Waals surface area contributed by atoms with E-state index >= 15 is 0 Å². The number of amides is 1. The van der Waals surface area contributed by atoms with Crippen molar-refractivity contribution in [1.29, 1.82) is 0 Å². The molecule has 0 spiro atoms. The molecule has 5 rings (SSSR count). The summed E-state index contributed by atoms with van der Waals surface area (Å²) in [4.78, 5) is 12.8. The van der Waals surface area contributed by atoms with Gasteiger partial charge in [0.25, 0.3) is 0 Å². The number of fused-ring (bicyclic) bond motifs is 1. The second-order valence-electron chi connectivity index (χ2n) is 8.70. The summed E-state index contributed by atoms with van der Waals surface area (Å²) in [6.45, 7) is 5.35. The third-order valence-corrected chi connectivity index (χ3v) is 6.73. The molecule has 0 radical (unpaired) electrons. The first-order valence-electron chi connectivity index (χ1n) is 10.9. The highest BCUT2D eigenvalue weighted by atomic mass is 32.2. The Kier molecular flexibility index (Phi) is 5.35. The van der Waals surface area contributed by atoms with Gasteiger partial charge in [-0.2, -0.15) is 0 Å². The number of thioether (sulfide) groups is 1. The van der Waals surface area contributed by atoms with Crippen LogP contribution in [0, 0.1) is 5.92 Å². The maximum atomic E-state index is 12.8. The summed E-state index contributed by atoms with van der Waals surface area (Å²) in [5, 5.41) is 12.9. The minimum atomic E-state index is -0.0859. The zero-order valence-electron chi connectivity index (χ0n) is 17.5. The van der Waals surface area contributed by atoms with Crippen LogP contribution in [0.2, 0.25) is 0 Å². The van der Waals surface area contributed by atoms with Gasteiger partial charge in [0, 0.05) is 12.0 Å². The molecule has 3 aliphatic rings. The molecule has 0 saturated heterocycles. The average Bonchev–Trinajstić information content (AvgIpc) is 3.68. The van der Waals surface area contributed by atoms with Crippen LogP contribution in [0.25, 0.3) is 0 Å². The number of nitrogens with zero attached hydrogens (tertiary/aromatic N) is 3. The van der Waals surface area contributed by atoms with E-state index in [4.69, 9.17) is 9.47 Å². The minimum Gasteiger partial charge on any atom is -0.486 e. The zero-order chi connectivity index (χ0) is 20.7. The summed E-state index contributed by atoms with van der Waals surface area (Å²) in [7, 11) is 0. The van der Waals surface area contributed by atoms with E-state index < -0.39 is 0 Å². The topological polar surface area (TPSA) is 78.3 Å². The van der Waals surface area contributed by atoms with E-state index in [1.54, 1.807) is 0 Å². The van der Waals surface area contributed by atoms with Crippen molar-refractivity contribution in [2.24, 2.45) is 5.92 Å². The van der Waals surface area contributed by atoms with Crippen molar-refractivity contribution in [3.8, 4) is 11.5 Å². The van der Waals surface area contributed by atoms with Gasteiger partial charge in [-0.1, -0.05) is 31.7 Å². The number of nitrogens with one attached hydrogen (secondary N) is 1. The largest absolute Gasteiger partial charge is 0.486 e. The van der Waals surface area contributed by atoms with Crippen LogP contribution in [0.1, 0.15) is 68.9 Å². The molecule has 0 bridgehead atoms. The van der Waals surface area contributed by atoms with E-state index in [1.807, 2.05) is 18.2 Å². The molecule has 7 nitrogen and oxygen atoms in total. The van der Waals surface area contributed by atoms with E-state index in [2.05, 4.69) is 33.9 Å². The normalized spacial score (nSPS) is 19.0. The zero-order valence-corrected chi connectivity index (χ0v) is 18.3. The summed E-state index contributed by atoms with van der Waals surface area (Å²) in [6, 6.07) is 6.37. The molecule has 2 fully saturated rings. The fourth-order valence-corrected chi connectivity index (χ4v) is 4.74. The molecule has 8 heteroatoms. The summed E-state index contributed by atoms with van der Waals surface area (Å²) in [5.74, 6) is 3.80. The highest BCUT2D eigenvalue weighted by molar-refractivity contribution is 7.99. The number of hydrogen-bond acceptors (Lipinski definition) is 6. The maximum Gasteiger partial charge on any atom is 0.230 e. The third kappa shape index (κ3) is 4.15. The molecule has 1 aromatic heterocycles. The Balaban J connectivity index is 1.25. The Morgan fingerprint density at radius 1 is 1.17 bits per heavy atom. The van der Waals surface area contributed by atoms with Crippen molar-refractivity contribution >= 4 is 17.7 Å². The molecule has 1 N–H and O–H groups in total. The minimum absolute atomic E-state index is 0.00640. The smallest absolute Gasteiger partial charge is 0.230 e. The van der Waals surface area contributed by atoms with E-state index in [0.717, 1.165) is 28.0 Å². The van der Waals surface area contributed by atoms with Crippen LogP contribution >= 0.6 is 11.8 Å². The van der Waals surface area contributed by atoms with Crippen LogP contribution in [-0.2, 0) is 4.79 Å². The highest BCUT2D eigenvalue weighted by Gasteiger charge is 2.36. The molecule has 160 valence electrons. The fraction of sp³-hybridized carbons (Fsp3) is 0.591. The van der Waals surface area contributed by atoms with Gasteiger partial charge in [0.2, 0.25) is 5.91 Å². The van der Waals surface area contributed by atoms with E-state index in [0.29, 0.717) is 30.9 Å². The van der Waals surface area contributed by atoms with Gasteiger partial charge in [0.1, 0.15) is 19.0 Å². The van der Waals surface area contributed by atoms with Gasteiger partial charge in [0.15, 0.2) is 16.7 Å². The van der Waals surface area contributed by atoms with Crippen LogP contribution in [-0.4, -0.2) is 39.6 Å². The van der Waals surface area contributed by atoms with Crippen molar-refractivity contribution in [3.05, 3.63) is 29.6 Å². The molecular formula is C22H28N4O3S. The average molecular weight is 429 g/mol. The van der Waals surface area contributed by atoms with Crippen LogP contribution in [0.3, 0.4) is 0 Å². The van der Waals surface area contributed by atoms with Crippen molar-refractivity contribution in [3.63, 3.8) is 0 Å². The fourth-order valence-electron chi connectivity index (χ4n) is 3.92. The SMILES string of the molecule is CC(C)[C@H](NC(=O)CSc1nnc(C2CC2)n1C1CC1)c1ccc2c(c1)OCCO2. The number of ether oxygens (including phenoxy) is 2. The molecule has 1 amide bonds. The van der Waals surface area contributed by atoms with Gasteiger partial charge in [-0.25, -0.2) is 0 Å². The molecule has 2 saturated carbocycles. The summed E-state index contributed by atoms with van der Waals surface area (Å²) in [6.07, 6.45) is 4.80. The summed E-state index contributed by atoms with van der Waals surface area (Å²) >= 11 is 1.49. The van der Waals surface area contributed by atoms with Crippen molar-refractivity contribution in [1.82, 2.24) is 20.1 Å². The molecule has 2 aliphatic carbocycles. The Morgan fingerprint density at radius 2 is 1.93 bits per heavy atom. The summed E-state index contributed by atoms with van der Waals surface area (Å²) in [5.41, 5.74) is 1.03. The van der Waals surface area contributed by atoms with E-state index in [1.165, 1.54) is 37.4 Å². The lowest BCUT2D eigenvalue weighted by Crippen LogP contribution is -2.33. The lowest BCUT2D eigenvalue weighted by molar-refractivity contribution is -0.119. The van der Waals surface area contributed by atoms with E-state index in [-0.39, 0.29) is 17.9 Å². The van der Waals surface area contributed by atoms with E-state index in [9.17, 15) is 4.79 Å². The second-order valence-corrected chi connectivity index (χ2v) is 9.64. The standard InChI is InChI=1S/C22H28N4O3S/c1-13(2)20(15-5-8-17-18(11-15)29-10-9-28-17)23-19(27)12-30-22-25-24-21(14-3-4-14)26(22)16-6-7-16/h5,8,11,13-14,16,20H,3-4,6-7,9-10,12H2,1-2H3,(H,23,27)/t20-/m0/s1. The summed E-state index contributed by atoms with van der Waals surface area (Å²) < 4.78 is 13.6. The van der Waals surface area contributed by atoms with Crippen molar-refractivity contribution in [2.45, 2.75) is 62.7 Å². The van der Waals surface area contributed by atoms with Gasteiger partial charge in [-0.15, -0.1) is 10.2 Å². The molecule has 1 aromatic carbocycles. The first-order chi connectivity index (χ1) is 14.6. The third-order valence-electron chi connectivity index (χ3n) is 5.79. The van der Waals surface area contributed by atoms with Crippen molar-refractivity contribution < 1.29 is 14.3 Å². The predicted octanol–water partition coefficient (Wildman–Crippen LogP) is 3.87. The van der Waals surface area contributed by atoms with Crippen LogP contribution in [0.5, 0.6) is 11.5 Å². The molecule has 0 unspecified atom stereocenters. The lowest BCUT2D eigenvalue weighted by atomic mass is 9.95. The van der Waals surface area contributed by atoms with Gasteiger partial charge in [-0.05, 0) is 49.3 Å². The Labute approximate surface area is 180 Å². The maximum absolute atomic E-state index is 12.8. The van der Waals surface area contributed by atoms with Crippen LogP contribution in [0.4, 0.5) is 0 Å². The Hall–Kier alpha value is -2.22. The quantitative estimate of drug-likeness (QED) is 0.643. The Bertz CT molecular complexity index is 936. The molecule has 1 atom stereocenters. The van der Waals surface area contributed by atoms with Crippen LogP contribution in [0.15, 0.2) is 23.4 Å². The first-order valence-corrected chi connectivity index (χ1v) is 11.8. The molecule has 1 aliphatic heterocycles. The van der Waals surface area contributed by atoms with Crippen molar-refractivity contribution in [2.75, 3.05) is 19.0 Å². The molecule has 30 heavy (non-hydrogen) atoms. The monoisotopic (exact) mass is 428 g/mol. The molecule has 2 heterocycles. The predicted molar refractivity (Wildman–Crippen MR) is 114 cm³/mol. The van der Waals surface area contributed by atoms with Gasteiger partial charge < -0.3 is 19.4 Å². The van der Waals surface area contributed by atoms with Gasteiger partial charge >= 0.3 is 0 Å². The van der Waals surface area contributed by atoms with Gasteiger partial charge in [0.05, 0.1) is 11.8 Å². The number of aromatic nitrogens is 3. The van der Waals surface area contributed by atoms with Gasteiger partial charge in [-0.3, -0.25) is 4.79 Å². The first kappa shape index (κ1) is 19.7. The number of rotatable bonds is 8. The molecular weight excluding hydrogens is 400 g/mol. The molecule has 2 aromatic rings. The number of carbonyl (C=O) groups is 1. The second kappa shape index (κ2) is 8.13. The number of carbonyl (C=O) groups excluding carboxylic acids is 1. The van der Waals surface area contributed by atoms with Crippen LogP contribution < -0.4 is 14.8 Å². The number of hydrogen-bond donors (Lipinski definition) is 1. The lowest BCUT2D eigenvalue weighted by Gasteiger charge is -2.25.